The first-order valence-corrected chi connectivity index (χ1v) is 7.68. The molecule has 2 heterocycles. The second kappa shape index (κ2) is 5.46. The van der Waals surface area contributed by atoms with Gasteiger partial charge < -0.3 is 15.4 Å². The molecule has 0 radical (unpaired) electrons. The van der Waals surface area contributed by atoms with Crippen LogP contribution < -0.4 is 10.6 Å². The predicted molar refractivity (Wildman–Crippen MR) is 85.4 cm³/mol. The number of benzene rings is 1. The molecule has 2 N–H and O–H groups in total. The first-order valence-electron chi connectivity index (χ1n) is 6.87. The Morgan fingerprint density at radius 2 is 1.86 bits per heavy atom. The lowest BCUT2D eigenvalue weighted by atomic mass is 10.1. The van der Waals surface area contributed by atoms with Crippen molar-refractivity contribution in [3.05, 3.63) is 51.4 Å². The molecular formula is C16H16N2O3S. The standard InChI is InChI=1S/C16H16N2O3S/c1-8-9(2)22-15-12(8)14(19)17-13(18-15)10-4-6-11(7-5-10)16(20)21-3/h4-7,13,18H,1-3H3,(H,17,19)/t13-/m1/s1. The molecule has 6 heteroatoms. The maximum absolute atomic E-state index is 12.3. The van der Waals surface area contributed by atoms with Crippen molar-refractivity contribution in [2.45, 2.75) is 20.0 Å². The number of fused-ring (bicyclic) bond motifs is 1. The normalized spacial score (nSPS) is 16.5. The lowest BCUT2D eigenvalue weighted by molar-refractivity contribution is 0.0600. The van der Waals surface area contributed by atoms with Crippen LogP contribution >= 0.6 is 11.3 Å². The Morgan fingerprint density at radius 1 is 1.18 bits per heavy atom. The Balaban J connectivity index is 1.88. The fourth-order valence-electron chi connectivity index (χ4n) is 2.47. The van der Waals surface area contributed by atoms with E-state index in [-0.39, 0.29) is 18.0 Å². The van der Waals surface area contributed by atoms with E-state index in [1.54, 1.807) is 23.5 Å². The summed E-state index contributed by atoms with van der Waals surface area (Å²) in [6.45, 7) is 3.96. The molecule has 1 amide bonds. The number of amides is 1. The summed E-state index contributed by atoms with van der Waals surface area (Å²) in [4.78, 5) is 24.9. The molecule has 0 bridgehead atoms. The summed E-state index contributed by atoms with van der Waals surface area (Å²) in [5, 5.41) is 7.17. The number of esters is 1. The molecule has 1 aromatic heterocycles. The molecule has 0 saturated heterocycles. The Bertz CT molecular complexity index is 749. The Labute approximate surface area is 132 Å². The molecule has 1 aliphatic rings. The van der Waals surface area contributed by atoms with Crippen molar-refractivity contribution in [2.75, 3.05) is 12.4 Å². The molecule has 0 saturated carbocycles. The minimum absolute atomic E-state index is 0.0716. The van der Waals surface area contributed by atoms with Gasteiger partial charge in [0.1, 0.15) is 11.2 Å². The third-order valence-electron chi connectivity index (χ3n) is 3.83. The summed E-state index contributed by atoms with van der Waals surface area (Å²) in [5.41, 5.74) is 3.11. The van der Waals surface area contributed by atoms with Crippen LogP contribution in [0.15, 0.2) is 24.3 Å². The van der Waals surface area contributed by atoms with Crippen molar-refractivity contribution < 1.29 is 14.3 Å². The van der Waals surface area contributed by atoms with E-state index < -0.39 is 0 Å². The highest BCUT2D eigenvalue weighted by Gasteiger charge is 2.28. The van der Waals surface area contributed by atoms with E-state index in [1.807, 2.05) is 26.0 Å². The number of carbonyl (C=O) groups excluding carboxylic acids is 2. The fraction of sp³-hybridized carbons (Fsp3) is 0.250. The van der Waals surface area contributed by atoms with Gasteiger partial charge in [-0.1, -0.05) is 12.1 Å². The van der Waals surface area contributed by atoms with Crippen LogP contribution in [0.25, 0.3) is 0 Å². The van der Waals surface area contributed by atoms with Gasteiger partial charge in [0.15, 0.2) is 0 Å². The number of carbonyl (C=O) groups is 2. The molecule has 114 valence electrons. The third-order valence-corrected chi connectivity index (χ3v) is 4.97. The molecule has 0 unspecified atom stereocenters. The van der Waals surface area contributed by atoms with Crippen LogP contribution in [0.5, 0.6) is 0 Å². The highest BCUT2D eigenvalue weighted by atomic mass is 32.1. The molecule has 0 fully saturated rings. The van der Waals surface area contributed by atoms with Crippen LogP contribution in [0, 0.1) is 13.8 Å². The largest absolute Gasteiger partial charge is 0.465 e. The molecular weight excluding hydrogens is 300 g/mol. The number of nitrogens with one attached hydrogen (secondary N) is 2. The zero-order valence-corrected chi connectivity index (χ0v) is 13.3. The summed E-state index contributed by atoms with van der Waals surface area (Å²) in [5.74, 6) is -0.448. The molecule has 3 rings (SSSR count). The van der Waals surface area contributed by atoms with Crippen molar-refractivity contribution in [1.29, 1.82) is 0 Å². The molecule has 1 atom stereocenters. The maximum Gasteiger partial charge on any atom is 0.337 e. The number of hydrogen-bond acceptors (Lipinski definition) is 5. The van der Waals surface area contributed by atoms with Gasteiger partial charge in [-0.15, -0.1) is 11.3 Å². The van der Waals surface area contributed by atoms with Crippen molar-refractivity contribution in [2.24, 2.45) is 0 Å². The van der Waals surface area contributed by atoms with E-state index in [0.717, 1.165) is 26.6 Å². The zero-order valence-electron chi connectivity index (χ0n) is 12.5. The Kier molecular flexibility index (Phi) is 3.62. The molecule has 2 aromatic rings. The molecule has 0 aliphatic carbocycles. The van der Waals surface area contributed by atoms with Crippen LogP contribution in [-0.2, 0) is 4.74 Å². The van der Waals surface area contributed by atoms with Crippen molar-refractivity contribution in [1.82, 2.24) is 5.32 Å². The lowest BCUT2D eigenvalue weighted by Crippen LogP contribution is -2.38. The fourth-order valence-corrected chi connectivity index (χ4v) is 3.55. The average Bonchev–Trinajstić information content (AvgIpc) is 2.81. The topological polar surface area (TPSA) is 67.4 Å². The second-order valence-corrected chi connectivity index (χ2v) is 6.38. The predicted octanol–water partition coefficient (Wildman–Crippen LogP) is 3.01. The SMILES string of the molecule is COC(=O)c1ccc([C@@H]2NC(=O)c3c(sc(C)c3C)N2)cc1. The highest BCUT2D eigenvalue weighted by Crippen LogP contribution is 2.37. The minimum Gasteiger partial charge on any atom is -0.465 e. The van der Waals surface area contributed by atoms with E-state index in [4.69, 9.17) is 0 Å². The number of anilines is 1. The molecule has 1 aromatic carbocycles. The smallest absolute Gasteiger partial charge is 0.337 e. The maximum atomic E-state index is 12.3. The van der Waals surface area contributed by atoms with Gasteiger partial charge in [0.05, 0.1) is 18.2 Å². The second-order valence-electron chi connectivity index (χ2n) is 5.15. The quantitative estimate of drug-likeness (QED) is 0.836. The monoisotopic (exact) mass is 316 g/mol. The number of aryl methyl sites for hydroxylation is 1. The summed E-state index contributed by atoms with van der Waals surface area (Å²) in [6.07, 6.45) is -0.302. The van der Waals surface area contributed by atoms with E-state index >= 15 is 0 Å². The number of thiophene rings is 1. The highest BCUT2D eigenvalue weighted by molar-refractivity contribution is 7.16. The van der Waals surface area contributed by atoms with Crippen LogP contribution in [0.1, 0.15) is 42.9 Å². The van der Waals surface area contributed by atoms with Gasteiger partial charge in [0.25, 0.3) is 5.91 Å². The van der Waals surface area contributed by atoms with Crippen LogP contribution in [0.2, 0.25) is 0 Å². The zero-order chi connectivity index (χ0) is 15.9. The first-order chi connectivity index (χ1) is 10.5. The van der Waals surface area contributed by atoms with Crippen molar-refractivity contribution >= 4 is 28.2 Å². The number of ether oxygens (including phenoxy) is 1. The van der Waals surface area contributed by atoms with Gasteiger partial charge in [-0.3, -0.25) is 4.79 Å². The van der Waals surface area contributed by atoms with Crippen LogP contribution in [0.3, 0.4) is 0 Å². The van der Waals surface area contributed by atoms with Gasteiger partial charge in [-0.05, 0) is 37.1 Å². The summed E-state index contributed by atoms with van der Waals surface area (Å²) in [6, 6.07) is 7.00. The summed E-state index contributed by atoms with van der Waals surface area (Å²) < 4.78 is 4.68. The van der Waals surface area contributed by atoms with Gasteiger partial charge >= 0.3 is 5.97 Å². The van der Waals surface area contributed by atoms with E-state index in [1.165, 1.54) is 7.11 Å². The molecule has 22 heavy (non-hydrogen) atoms. The van der Waals surface area contributed by atoms with E-state index in [9.17, 15) is 9.59 Å². The lowest BCUT2D eigenvalue weighted by Gasteiger charge is -2.26. The Morgan fingerprint density at radius 3 is 2.50 bits per heavy atom. The van der Waals surface area contributed by atoms with Crippen LogP contribution in [-0.4, -0.2) is 19.0 Å². The first kappa shape index (κ1) is 14.6. The molecule has 1 aliphatic heterocycles. The van der Waals surface area contributed by atoms with Gasteiger partial charge in [-0.2, -0.15) is 0 Å². The van der Waals surface area contributed by atoms with Crippen molar-refractivity contribution in [3.63, 3.8) is 0 Å². The number of methoxy groups -OCH3 is 1. The summed E-state index contributed by atoms with van der Waals surface area (Å²) in [7, 11) is 1.35. The minimum atomic E-state index is -0.376. The van der Waals surface area contributed by atoms with Gasteiger partial charge in [0.2, 0.25) is 0 Å². The summed E-state index contributed by atoms with van der Waals surface area (Å²) >= 11 is 1.58. The van der Waals surface area contributed by atoms with Crippen LogP contribution in [0.4, 0.5) is 5.00 Å². The Hall–Kier alpha value is -2.34. The molecule has 5 nitrogen and oxygen atoms in total. The number of hydrogen-bond donors (Lipinski definition) is 2. The third kappa shape index (κ3) is 2.35. The van der Waals surface area contributed by atoms with Gasteiger partial charge in [-0.25, -0.2) is 4.79 Å². The average molecular weight is 316 g/mol. The van der Waals surface area contributed by atoms with E-state index in [2.05, 4.69) is 15.4 Å². The molecule has 0 spiro atoms. The number of rotatable bonds is 2. The van der Waals surface area contributed by atoms with Crippen molar-refractivity contribution in [3.8, 4) is 0 Å². The van der Waals surface area contributed by atoms with E-state index in [0.29, 0.717) is 5.56 Å². The van der Waals surface area contributed by atoms with Gasteiger partial charge in [0, 0.05) is 4.88 Å².